The first-order valence-electron chi connectivity index (χ1n) is 4.68. The Kier molecular flexibility index (Phi) is 3.12. The zero-order valence-electron chi connectivity index (χ0n) is 8.63. The Bertz CT molecular complexity index is 273. The van der Waals surface area contributed by atoms with Crippen LogP contribution in [0.25, 0.3) is 0 Å². The average Bonchev–Trinajstić information content (AvgIpc) is 2.03. The van der Waals surface area contributed by atoms with Crippen LogP contribution in [0, 0.1) is 5.82 Å². The van der Waals surface area contributed by atoms with Crippen molar-refractivity contribution in [3.05, 3.63) is 29.3 Å². The molecule has 0 aliphatic carbocycles. The van der Waals surface area contributed by atoms with Crippen molar-refractivity contribution in [1.82, 2.24) is 4.98 Å². The Balaban J connectivity index is 3.18. The number of halogens is 1. The highest BCUT2D eigenvalue weighted by atomic mass is 19.1. The molecule has 1 aromatic rings. The van der Waals surface area contributed by atoms with Gasteiger partial charge in [0.2, 0.25) is 0 Å². The van der Waals surface area contributed by atoms with Crippen LogP contribution in [0.15, 0.2) is 12.3 Å². The van der Waals surface area contributed by atoms with E-state index in [2.05, 4.69) is 4.98 Å². The van der Waals surface area contributed by atoms with Crippen molar-refractivity contribution in [2.24, 2.45) is 0 Å². The molecule has 0 aliphatic heterocycles. The molecule has 13 heavy (non-hydrogen) atoms. The molecule has 0 fully saturated rings. The summed E-state index contributed by atoms with van der Waals surface area (Å²) in [4.78, 5) is 4.05. The van der Waals surface area contributed by atoms with Crippen LogP contribution in [0.2, 0.25) is 0 Å². The van der Waals surface area contributed by atoms with E-state index in [1.807, 2.05) is 29.5 Å². The van der Waals surface area contributed by atoms with Gasteiger partial charge in [-0.05, 0) is 17.5 Å². The quantitative estimate of drug-likeness (QED) is 0.602. The van der Waals surface area contributed by atoms with Gasteiger partial charge in [0, 0.05) is 6.20 Å². The van der Waals surface area contributed by atoms with Gasteiger partial charge in [-0.1, -0.05) is 19.6 Å². The minimum atomic E-state index is -0.132. The minimum absolute atomic E-state index is 0.132. The van der Waals surface area contributed by atoms with Gasteiger partial charge in [-0.2, -0.15) is 0 Å². The van der Waals surface area contributed by atoms with Gasteiger partial charge in [0.15, 0.2) is 0 Å². The average molecular weight is 177 g/mol. The van der Waals surface area contributed by atoms with E-state index in [0.717, 1.165) is 5.56 Å². The molecule has 0 amide bonds. The fraction of sp³-hybridized carbons (Fsp3) is 0.444. The zero-order valence-corrected chi connectivity index (χ0v) is 8.63. The lowest BCUT2D eigenvalue weighted by Crippen LogP contribution is -2.07. The molecular weight excluding hydrogens is 163 g/mol. The van der Waals surface area contributed by atoms with Crippen LogP contribution < -0.4 is 0 Å². The first-order chi connectivity index (χ1) is 6.04. The normalized spacial score (nSPS) is 11.2. The third kappa shape index (κ3) is 2.11. The molecule has 0 N–H and O–H groups in total. The second kappa shape index (κ2) is 3.95. The maximum absolute atomic E-state index is 13.7. The van der Waals surface area contributed by atoms with Crippen LogP contribution >= 0.6 is 0 Å². The minimum Gasteiger partial charge on any atom is -0.259 e. The number of aromatic nitrogens is 1. The molecule has 1 heterocycles. The summed E-state index contributed by atoms with van der Waals surface area (Å²) >= 11 is 0. The van der Waals surface area contributed by atoms with Gasteiger partial charge in [-0.15, -0.1) is 0 Å². The van der Waals surface area contributed by atoms with E-state index < -0.39 is 0 Å². The topological polar surface area (TPSA) is 12.9 Å². The number of nitrogens with zero attached hydrogens (tertiary/aromatic N) is 1. The monoisotopic (exact) mass is 177 g/mol. The highest BCUT2D eigenvalue weighted by Crippen LogP contribution is 2.21. The van der Waals surface area contributed by atoms with E-state index in [4.69, 9.17) is 0 Å². The molecule has 68 valence electrons. The van der Waals surface area contributed by atoms with Gasteiger partial charge in [-0.25, -0.2) is 4.39 Å². The molecule has 0 aliphatic rings. The van der Waals surface area contributed by atoms with E-state index in [9.17, 15) is 4.39 Å². The zero-order chi connectivity index (χ0) is 10.0. The van der Waals surface area contributed by atoms with Crippen LogP contribution in [-0.2, 0) is 0 Å². The first kappa shape index (κ1) is 10.3. The number of hydrogen-bond donors (Lipinski definition) is 0. The summed E-state index contributed by atoms with van der Waals surface area (Å²) in [6.45, 7) is 3.98. The van der Waals surface area contributed by atoms with Crippen molar-refractivity contribution in [3.63, 3.8) is 0 Å². The lowest BCUT2D eigenvalue weighted by Gasteiger charge is -2.11. The predicted octanol–water partition coefficient (Wildman–Crippen LogP) is 0.609. The van der Waals surface area contributed by atoms with Crippen molar-refractivity contribution in [2.45, 2.75) is 25.5 Å². The van der Waals surface area contributed by atoms with Gasteiger partial charge in [0.1, 0.15) is 21.5 Å². The van der Waals surface area contributed by atoms with Crippen LogP contribution in [0.1, 0.15) is 36.7 Å². The van der Waals surface area contributed by atoms with E-state index in [0.29, 0.717) is 5.69 Å². The van der Waals surface area contributed by atoms with Crippen molar-refractivity contribution in [1.29, 1.82) is 0 Å². The fourth-order valence-electron chi connectivity index (χ4n) is 1.32. The highest BCUT2D eigenvalue weighted by Gasteiger charge is 2.13. The molecule has 1 rings (SSSR count). The molecule has 0 bridgehead atoms. The first-order valence-corrected chi connectivity index (χ1v) is 4.68. The number of rotatable bonds is 2. The second-order valence-electron chi connectivity index (χ2n) is 3.91. The smallest absolute Gasteiger partial charge is 0.146 e. The van der Waals surface area contributed by atoms with Gasteiger partial charge in [0.05, 0.1) is 5.69 Å². The summed E-state index contributed by atoms with van der Waals surface area (Å²) in [5.74, 6) is 0.0907. The standard InChI is InChI=1S/C9H14B2FN/c1-5(2)6-3-4-13-8(7(6)12)9(10)11/h3-5,9H,10-11H2,1-2H3. The molecule has 0 spiro atoms. The Morgan fingerprint density at radius 2 is 2.00 bits per heavy atom. The summed E-state index contributed by atoms with van der Waals surface area (Å²) in [6, 6.07) is 1.76. The highest BCUT2D eigenvalue weighted by molar-refractivity contribution is 6.35. The van der Waals surface area contributed by atoms with Gasteiger partial charge in [-0.3, -0.25) is 4.98 Å². The third-order valence-corrected chi connectivity index (χ3v) is 2.11. The molecule has 0 aromatic carbocycles. The lowest BCUT2D eigenvalue weighted by molar-refractivity contribution is 0.578. The largest absolute Gasteiger partial charge is 0.259 e. The number of pyridine rings is 1. The third-order valence-electron chi connectivity index (χ3n) is 2.11. The lowest BCUT2D eigenvalue weighted by atomic mass is 9.68. The molecular formula is C9H14B2FN. The van der Waals surface area contributed by atoms with E-state index in [1.165, 1.54) is 0 Å². The Morgan fingerprint density at radius 1 is 1.38 bits per heavy atom. The predicted molar refractivity (Wildman–Crippen MR) is 58.1 cm³/mol. The Labute approximate surface area is 80.6 Å². The Hall–Kier alpha value is -0.790. The van der Waals surface area contributed by atoms with Crippen molar-refractivity contribution >= 4 is 15.7 Å². The maximum atomic E-state index is 13.7. The SMILES string of the molecule is BC(B)c1nccc(C(C)C)c1F. The number of hydrogen-bond acceptors (Lipinski definition) is 1. The molecule has 1 nitrogen and oxygen atoms in total. The molecule has 0 atom stereocenters. The van der Waals surface area contributed by atoms with Crippen molar-refractivity contribution in [2.75, 3.05) is 0 Å². The molecule has 4 heteroatoms. The second-order valence-corrected chi connectivity index (χ2v) is 3.91. The molecule has 0 unspecified atom stereocenters. The van der Waals surface area contributed by atoms with Crippen LogP contribution in [0.4, 0.5) is 4.39 Å². The fourth-order valence-corrected chi connectivity index (χ4v) is 1.32. The van der Waals surface area contributed by atoms with E-state index in [-0.39, 0.29) is 17.5 Å². The van der Waals surface area contributed by atoms with Crippen molar-refractivity contribution < 1.29 is 4.39 Å². The summed E-state index contributed by atoms with van der Waals surface area (Å²) in [5.41, 5.74) is 1.49. The van der Waals surface area contributed by atoms with Crippen LogP contribution in [0.5, 0.6) is 0 Å². The van der Waals surface area contributed by atoms with E-state index >= 15 is 0 Å². The maximum Gasteiger partial charge on any atom is 0.146 e. The summed E-state index contributed by atoms with van der Waals surface area (Å²) < 4.78 is 13.7. The summed E-state index contributed by atoms with van der Waals surface area (Å²) in [7, 11) is 3.91. The summed E-state index contributed by atoms with van der Waals surface area (Å²) in [5, 5.41) is 0. The van der Waals surface area contributed by atoms with Gasteiger partial charge < -0.3 is 0 Å². The molecule has 0 radical (unpaired) electrons. The Morgan fingerprint density at radius 3 is 2.46 bits per heavy atom. The molecule has 1 aromatic heterocycles. The summed E-state index contributed by atoms with van der Waals surface area (Å²) in [6.07, 6.45) is 1.69. The van der Waals surface area contributed by atoms with Crippen molar-refractivity contribution in [3.8, 4) is 0 Å². The van der Waals surface area contributed by atoms with Crippen LogP contribution in [-0.4, -0.2) is 20.7 Å². The molecule has 0 saturated heterocycles. The van der Waals surface area contributed by atoms with Gasteiger partial charge in [0.25, 0.3) is 0 Å². The van der Waals surface area contributed by atoms with Gasteiger partial charge >= 0.3 is 0 Å². The molecule has 0 saturated carbocycles. The van der Waals surface area contributed by atoms with E-state index in [1.54, 1.807) is 12.3 Å². The van der Waals surface area contributed by atoms with Crippen LogP contribution in [0.3, 0.4) is 0 Å².